The van der Waals surface area contributed by atoms with Gasteiger partial charge >= 0.3 is 5.97 Å². The molecule has 0 unspecified atom stereocenters. The Bertz CT molecular complexity index is 2270. The number of amides is 8. The molecule has 8 amide bonds. The first-order valence-corrected chi connectivity index (χ1v) is 19.1. The summed E-state index contributed by atoms with van der Waals surface area (Å²) in [6, 6.07) is 7.96. The van der Waals surface area contributed by atoms with Crippen molar-refractivity contribution >= 4 is 64.0 Å². The summed E-state index contributed by atoms with van der Waals surface area (Å²) in [4.78, 5) is 126. The van der Waals surface area contributed by atoms with Gasteiger partial charge in [-0.1, -0.05) is 42.5 Å². The molecule has 2 aromatic carbocycles. The van der Waals surface area contributed by atoms with Crippen molar-refractivity contribution in [2.24, 2.45) is 11.5 Å². The summed E-state index contributed by atoms with van der Waals surface area (Å²) in [7, 11) is 1.15. The van der Waals surface area contributed by atoms with Crippen molar-refractivity contribution in [1.82, 2.24) is 41.3 Å². The van der Waals surface area contributed by atoms with Crippen molar-refractivity contribution in [1.29, 1.82) is 0 Å². The zero-order valence-electron chi connectivity index (χ0n) is 31.4. The van der Waals surface area contributed by atoms with E-state index in [1.807, 2.05) is 42.5 Å². The number of hydrogen-bond acceptors (Lipinski definition) is 12. The van der Waals surface area contributed by atoms with Crippen molar-refractivity contribution in [3.8, 4) is 0 Å². The largest absolute Gasteiger partial charge is 0.468 e. The second-order valence-electron chi connectivity index (χ2n) is 16.8. The Morgan fingerprint density at radius 3 is 1.88 bits per heavy atom. The average molecular weight is 799 g/mol. The van der Waals surface area contributed by atoms with Crippen molar-refractivity contribution in [2.45, 2.75) is 84.5 Å². The molecule has 0 bridgehead atoms. The van der Waals surface area contributed by atoms with Gasteiger partial charge in [-0.15, -0.1) is 0 Å². The number of rotatable bonds is 6. The molecule has 58 heavy (non-hydrogen) atoms. The Hall–Kier alpha value is -6.15. The monoisotopic (exact) mass is 798 g/mol. The number of piperazine rings is 3. The Balaban J connectivity index is 0.888. The number of hydrogen-bond donors (Lipinski definition) is 7. The fraction of sp³-hybridized carbons (Fsp3) is 0.500. The van der Waals surface area contributed by atoms with Crippen LogP contribution < -0.4 is 38.1 Å². The van der Waals surface area contributed by atoms with E-state index in [1.165, 1.54) is 14.7 Å². The van der Waals surface area contributed by atoms with Gasteiger partial charge in [0.25, 0.3) is 17.7 Å². The van der Waals surface area contributed by atoms with Gasteiger partial charge in [0, 0.05) is 38.6 Å². The molecule has 9 N–H and O–H groups in total. The number of methoxy groups -OCH3 is 1. The number of carbonyl (C=O) groups is 9. The maximum absolute atomic E-state index is 14.4. The van der Waals surface area contributed by atoms with Crippen LogP contribution in [0, 0.1) is 0 Å². The minimum atomic E-state index is -1.72. The second kappa shape index (κ2) is 12.7. The molecule has 20 heteroatoms. The van der Waals surface area contributed by atoms with Gasteiger partial charge < -0.3 is 57.5 Å². The van der Waals surface area contributed by atoms with Gasteiger partial charge in [-0.25, -0.2) is 4.79 Å². The highest BCUT2D eigenvalue weighted by Gasteiger charge is 2.69. The van der Waals surface area contributed by atoms with Gasteiger partial charge in [0.05, 0.1) is 32.8 Å². The van der Waals surface area contributed by atoms with Crippen molar-refractivity contribution in [3.63, 3.8) is 0 Å². The normalized spacial score (nSPS) is 35.5. The van der Waals surface area contributed by atoms with Crippen LogP contribution >= 0.6 is 0 Å². The van der Waals surface area contributed by atoms with E-state index in [0.29, 0.717) is 0 Å². The van der Waals surface area contributed by atoms with E-state index in [9.17, 15) is 43.2 Å². The Labute approximate surface area is 330 Å². The lowest BCUT2D eigenvalue weighted by Crippen LogP contribution is -2.71. The summed E-state index contributed by atoms with van der Waals surface area (Å²) in [6.45, 7) is -1.15. The first kappa shape index (κ1) is 37.4. The fourth-order valence-electron chi connectivity index (χ4n) is 10.2. The second-order valence-corrected chi connectivity index (χ2v) is 16.8. The van der Waals surface area contributed by atoms with E-state index >= 15 is 0 Å². The molecule has 7 heterocycles. The molecule has 0 aliphatic carbocycles. The summed E-state index contributed by atoms with van der Waals surface area (Å²) in [5.41, 5.74) is 6.12. The lowest BCUT2D eigenvalue weighted by atomic mass is 9.88. The first-order chi connectivity index (χ1) is 27.5. The molecule has 0 saturated carbocycles. The molecule has 7 fully saturated rings. The molecular weight excluding hydrogens is 756 g/mol. The van der Waals surface area contributed by atoms with Crippen LogP contribution in [0.15, 0.2) is 42.5 Å². The third-order valence-electron chi connectivity index (χ3n) is 13.1. The molecule has 9 rings (SSSR count). The number of carbonyl (C=O) groups excluding carboxylic acids is 9. The maximum atomic E-state index is 14.4. The summed E-state index contributed by atoms with van der Waals surface area (Å²) < 4.78 is 4.81. The topological polar surface area (TPSA) is 285 Å². The van der Waals surface area contributed by atoms with Gasteiger partial charge in [-0.3, -0.25) is 38.4 Å². The van der Waals surface area contributed by atoms with Gasteiger partial charge in [0.1, 0.15) is 46.3 Å². The maximum Gasteiger partial charge on any atom is 0.327 e. The van der Waals surface area contributed by atoms with Crippen molar-refractivity contribution in [3.05, 3.63) is 48.0 Å². The zero-order chi connectivity index (χ0) is 41.1. The molecule has 2 aromatic rings. The molecule has 3 spiro atoms. The molecule has 7 aliphatic rings. The molecule has 0 radical (unpaired) electrons. The Morgan fingerprint density at radius 1 is 0.759 bits per heavy atom. The standard InChI is InChI=1S/C38H42N10O10/c1-58-34(57)35(40)11-23-28(51)44-37(32(55)46(23)15-35)13-25-30(53)45-38(33(56)48(25)17-37)12-24-29(52)43-36(31(54)47(24)16-38)10-22(41-14-36)27(50)42-21(26(39)49)9-18-6-7-19-4-2-3-5-20(19)8-18/h2-8,21-25,41H,9-17,40H2,1H3,(H2,39,49)(H,42,50)(H,43,52)(H,44,51)(H,45,53)/t21-,22-,23+,24-,25+,35+,36-,37+,38-/m0/s1. The highest BCUT2D eigenvalue weighted by molar-refractivity contribution is 6.09. The van der Waals surface area contributed by atoms with Crippen LogP contribution in [-0.2, 0) is 54.3 Å². The number of nitrogens with zero attached hydrogens (tertiary/aromatic N) is 3. The number of ether oxygens (including phenoxy) is 1. The highest BCUT2D eigenvalue weighted by Crippen LogP contribution is 2.43. The number of benzene rings is 2. The van der Waals surface area contributed by atoms with Crippen LogP contribution in [0.1, 0.15) is 31.2 Å². The molecule has 9 atom stereocenters. The van der Waals surface area contributed by atoms with Gasteiger partial charge in [-0.2, -0.15) is 0 Å². The van der Waals surface area contributed by atoms with Gasteiger partial charge in [-0.05, 0) is 16.3 Å². The van der Waals surface area contributed by atoms with Crippen LogP contribution in [0.25, 0.3) is 10.8 Å². The van der Waals surface area contributed by atoms with E-state index in [2.05, 4.69) is 26.6 Å². The lowest BCUT2D eigenvalue weighted by molar-refractivity contribution is -0.154. The Kier molecular flexibility index (Phi) is 8.18. The van der Waals surface area contributed by atoms with Crippen LogP contribution in [0.5, 0.6) is 0 Å². The van der Waals surface area contributed by atoms with Crippen LogP contribution in [0.3, 0.4) is 0 Å². The molecule has 304 valence electrons. The fourth-order valence-corrected chi connectivity index (χ4v) is 10.2. The van der Waals surface area contributed by atoms with Crippen LogP contribution in [-0.4, -0.2) is 154 Å². The third-order valence-corrected chi connectivity index (χ3v) is 13.1. The number of nitrogens with one attached hydrogen (secondary N) is 5. The minimum absolute atomic E-state index is 0.124. The smallest absolute Gasteiger partial charge is 0.327 e. The van der Waals surface area contributed by atoms with Gasteiger partial charge in [0.15, 0.2) is 0 Å². The van der Waals surface area contributed by atoms with Gasteiger partial charge in [0.2, 0.25) is 29.5 Å². The van der Waals surface area contributed by atoms with E-state index in [1.54, 1.807) is 0 Å². The van der Waals surface area contributed by atoms with Crippen molar-refractivity contribution < 1.29 is 47.9 Å². The summed E-state index contributed by atoms with van der Waals surface area (Å²) in [5, 5.41) is 15.9. The van der Waals surface area contributed by atoms with Crippen LogP contribution in [0.2, 0.25) is 0 Å². The number of fused-ring (bicyclic) bond motifs is 4. The number of esters is 1. The number of primary amides is 1. The van der Waals surface area contributed by atoms with Crippen molar-refractivity contribution in [2.75, 3.05) is 33.3 Å². The first-order valence-electron chi connectivity index (χ1n) is 19.1. The molecule has 7 aliphatic heterocycles. The summed E-state index contributed by atoms with van der Waals surface area (Å²) in [5.74, 6) is -5.72. The highest BCUT2D eigenvalue weighted by atomic mass is 16.5. The van der Waals surface area contributed by atoms with Crippen LogP contribution in [0.4, 0.5) is 0 Å². The zero-order valence-corrected chi connectivity index (χ0v) is 31.4. The quantitative estimate of drug-likeness (QED) is 0.135. The lowest BCUT2D eigenvalue weighted by Gasteiger charge is -2.42. The third kappa shape index (κ3) is 5.44. The summed E-state index contributed by atoms with van der Waals surface area (Å²) >= 11 is 0. The summed E-state index contributed by atoms with van der Waals surface area (Å²) in [6.07, 6.45) is -0.708. The minimum Gasteiger partial charge on any atom is -0.468 e. The molecule has 0 aromatic heterocycles. The van der Waals surface area contributed by atoms with E-state index in [4.69, 9.17) is 16.2 Å². The predicted octanol–water partition coefficient (Wildman–Crippen LogP) is -5.01. The van der Waals surface area contributed by atoms with E-state index in [0.717, 1.165) is 23.4 Å². The van der Waals surface area contributed by atoms with E-state index in [-0.39, 0.29) is 58.3 Å². The average Bonchev–Trinajstić information content (AvgIpc) is 3.99. The molecular formula is C38H42N10O10. The molecule has 20 nitrogen and oxygen atoms in total. The van der Waals surface area contributed by atoms with E-state index < -0.39 is 106 Å². The molecule has 7 saturated heterocycles. The Morgan fingerprint density at radius 2 is 1.29 bits per heavy atom. The SMILES string of the molecule is COC(=O)[C@@]1(N)C[C@@H]2C(=O)N[C@@]3(C[C@@H]4C(=O)N[C@]5(C[C@H]6C(=O)N[C@@]7(CN[C@H](C(=O)N[C@@H](Cc8ccc9ccccc9c8)C(N)=O)C7)C(=O)N6C5)C(=O)N4C3)C(=O)N2C1. The number of nitrogens with two attached hydrogens (primary N) is 2. The predicted molar refractivity (Wildman–Crippen MR) is 197 cm³/mol.